The summed E-state index contributed by atoms with van der Waals surface area (Å²) in [7, 11) is 0. The maximum atomic E-state index is 13.1. The zero-order chi connectivity index (χ0) is 22.0. The Kier molecular flexibility index (Phi) is 6.39. The summed E-state index contributed by atoms with van der Waals surface area (Å²) < 4.78 is 5.40. The molecule has 166 valence electrons. The number of benzene rings is 1. The molecule has 1 aromatic carbocycles. The van der Waals surface area contributed by atoms with Gasteiger partial charge in [-0.05, 0) is 62.8 Å². The van der Waals surface area contributed by atoms with Gasteiger partial charge in [0.05, 0.1) is 0 Å². The Morgan fingerprint density at radius 1 is 1.16 bits per heavy atom. The number of rotatable bonds is 6. The Bertz CT molecular complexity index is 950. The summed E-state index contributed by atoms with van der Waals surface area (Å²) in [6, 6.07) is 5.86. The number of amides is 2. The first kappa shape index (κ1) is 21.5. The van der Waals surface area contributed by atoms with E-state index >= 15 is 0 Å². The molecule has 4 rings (SSSR count). The van der Waals surface area contributed by atoms with Crippen LogP contribution in [0.25, 0.3) is 0 Å². The summed E-state index contributed by atoms with van der Waals surface area (Å²) in [5.41, 5.74) is 3.01. The van der Waals surface area contributed by atoms with Gasteiger partial charge in [-0.2, -0.15) is 4.98 Å². The first-order valence-electron chi connectivity index (χ1n) is 11.4. The third kappa shape index (κ3) is 4.81. The molecule has 2 amide bonds. The maximum absolute atomic E-state index is 13.1. The number of nitrogens with zero attached hydrogens (tertiary/aromatic N) is 4. The van der Waals surface area contributed by atoms with Gasteiger partial charge in [0.2, 0.25) is 11.8 Å². The highest BCUT2D eigenvalue weighted by atomic mass is 16.5. The normalized spacial score (nSPS) is 19.2. The van der Waals surface area contributed by atoms with Gasteiger partial charge >= 0.3 is 0 Å². The molecule has 0 bridgehead atoms. The van der Waals surface area contributed by atoms with Gasteiger partial charge in [0.25, 0.3) is 5.91 Å². The average molecular weight is 425 g/mol. The number of aryl methyl sites for hydroxylation is 2. The Morgan fingerprint density at radius 3 is 2.65 bits per heavy atom. The molecule has 2 aliphatic rings. The van der Waals surface area contributed by atoms with E-state index in [9.17, 15) is 9.59 Å². The van der Waals surface area contributed by atoms with Crippen molar-refractivity contribution >= 4 is 11.8 Å². The van der Waals surface area contributed by atoms with E-state index in [1.54, 1.807) is 6.92 Å². The minimum atomic E-state index is 0.0137. The van der Waals surface area contributed by atoms with Crippen LogP contribution in [0, 0.1) is 13.8 Å². The first-order chi connectivity index (χ1) is 14.9. The van der Waals surface area contributed by atoms with Crippen molar-refractivity contribution in [1.29, 1.82) is 0 Å². The molecular weight excluding hydrogens is 392 g/mol. The van der Waals surface area contributed by atoms with Gasteiger partial charge in [0, 0.05) is 50.5 Å². The number of aromatic nitrogens is 2. The highest BCUT2D eigenvalue weighted by Gasteiger charge is 2.30. The lowest BCUT2D eigenvalue weighted by molar-refractivity contribution is -0.132. The molecule has 2 aromatic rings. The van der Waals surface area contributed by atoms with Gasteiger partial charge in [-0.3, -0.25) is 9.59 Å². The standard InChI is InChI=1S/C24H32N4O3/c1-16-9-10-20(14-17(16)2)24(30)27-12-5-8-21(15-27)28(18(3)29)13-11-22-25-23(31-26-22)19-6-4-7-19/h9-10,14,19,21H,4-8,11-13,15H2,1-3H3. The Hall–Kier alpha value is -2.70. The molecule has 1 unspecified atom stereocenters. The van der Waals surface area contributed by atoms with Crippen molar-refractivity contribution in [3.8, 4) is 0 Å². The maximum Gasteiger partial charge on any atom is 0.253 e. The highest BCUT2D eigenvalue weighted by molar-refractivity contribution is 5.94. The fourth-order valence-corrected chi connectivity index (χ4v) is 4.46. The lowest BCUT2D eigenvalue weighted by Gasteiger charge is -2.39. The van der Waals surface area contributed by atoms with Crippen molar-refractivity contribution in [2.24, 2.45) is 0 Å². The summed E-state index contributed by atoms with van der Waals surface area (Å²) in [6.45, 7) is 7.49. The van der Waals surface area contributed by atoms with E-state index in [2.05, 4.69) is 10.1 Å². The third-order valence-corrected chi connectivity index (χ3v) is 6.80. The van der Waals surface area contributed by atoms with Crippen molar-refractivity contribution in [3.63, 3.8) is 0 Å². The molecule has 0 radical (unpaired) electrons. The van der Waals surface area contributed by atoms with Gasteiger partial charge in [0.15, 0.2) is 5.82 Å². The highest BCUT2D eigenvalue weighted by Crippen LogP contribution is 2.35. The van der Waals surface area contributed by atoms with Crippen molar-refractivity contribution in [3.05, 3.63) is 46.6 Å². The van der Waals surface area contributed by atoms with E-state index in [1.807, 2.05) is 41.8 Å². The van der Waals surface area contributed by atoms with E-state index in [1.165, 1.54) is 12.0 Å². The number of hydrogen-bond acceptors (Lipinski definition) is 5. The van der Waals surface area contributed by atoms with E-state index in [0.717, 1.165) is 43.7 Å². The van der Waals surface area contributed by atoms with Crippen LogP contribution in [0.2, 0.25) is 0 Å². The lowest BCUT2D eigenvalue weighted by atomic mass is 9.85. The summed E-state index contributed by atoms with van der Waals surface area (Å²) >= 11 is 0. The van der Waals surface area contributed by atoms with Crippen LogP contribution in [-0.2, 0) is 11.2 Å². The first-order valence-corrected chi connectivity index (χ1v) is 11.4. The largest absolute Gasteiger partial charge is 0.339 e. The second-order valence-corrected chi connectivity index (χ2v) is 8.99. The predicted octanol–water partition coefficient (Wildman–Crippen LogP) is 3.65. The van der Waals surface area contributed by atoms with Gasteiger partial charge in [-0.25, -0.2) is 0 Å². The lowest BCUT2D eigenvalue weighted by Crippen LogP contribution is -2.51. The van der Waals surface area contributed by atoms with Crippen LogP contribution < -0.4 is 0 Å². The van der Waals surface area contributed by atoms with Crippen LogP contribution in [-0.4, -0.2) is 57.4 Å². The minimum absolute atomic E-state index is 0.0137. The second kappa shape index (κ2) is 9.20. The zero-order valence-electron chi connectivity index (χ0n) is 18.8. The summed E-state index contributed by atoms with van der Waals surface area (Å²) in [5, 5.41) is 4.11. The monoisotopic (exact) mass is 424 g/mol. The number of carbonyl (C=O) groups is 2. The number of carbonyl (C=O) groups excluding carboxylic acids is 2. The molecular formula is C24H32N4O3. The molecule has 1 aliphatic heterocycles. The predicted molar refractivity (Wildman–Crippen MR) is 117 cm³/mol. The summed E-state index contributed by atoms with van der Waals surface area (Å²) in [4.78, 5) is 33.8. The number of likely N-dealkylation sites (tertiary alicyclic amines) is 1. The smallest absolute Gasteiger partial charge is 0.253 e. The van der Waals surface area contributed by atoms with Gasteiger partial charge in [-0.1, -0.05) is 17.6 Å². The molecule has 0 spiro atoms. The van der Waals surface area contributed by atoms with Crippen LogP contribution in [0.5, 0.6) is 0 Å². The summed E-state index contributed by atoms with van der Waals surface area (Å²) in [5.74, 6) is 1.87. The number of piperidine rings is 1. The fraction of sp³-hybridized carbons (Fsp3) is 0.583. The van der Waals surface area contributed by atoms with Crippen molar-refractivity contribution < 1.29 is 14.1 Å². The fourth-order valence-electron chi connectivity index (χ4n) is 4.46. The van der Waals surface area contributed by atoms with Crippen LogP contribution in [0.15, 0.2) is 22.7 Å². The Morgan fingerprint density at radius 2 is 1.97 bits per heavy atom. The molecule has 1 aliphatic carbocycles. The van der Waals surface area contributed by atoms with Crippen molar-refractivity contribution in [2.75, 3.05) is 19.6 Å². The summed E-state index contributed by atoms with van der Waals surface area (Å²) in [6.07, 6.45) is 5.81. The second-order valence-electron chi connectivity index (χ2n) is 8.99. The molecule has 1 saturated carbocycles. The van der Waals surface area contributed by atoms with E-state index in [-0.39, 0.29) is 17.9 Å². The van der Waals surface area contributed by atoms with Gasteiger partial charge in [0.1, 0.15) is 0 Å². The topological polar surface area (TPSA) is 79.5 Å². The van der Waals surface area contributed by atoms with E-state index in [0.29, 0.717) is 36.8 Å². The van der Waals surface area contributed by atoms with E-state index in [4.69, 9.17) is 4.52 Å². The Balaban J connectivity index is 1.39. The number of hydrogen-bond donors (Lipinski definition) is 0. The molecule has 31 heavy (non-hydrogen) atoms. The van der Waals surface area contributed by atoms with Crippen LogP contribution in [0.4, 0.5) is 0 Å². The average Bonchev–Trinajstić information content (AvgIpc) is 3.16. The molecule has 0 N–H and O–H groups in total. The third-order valence-electron chi connectivity index (χ3n) is 6.80. The zero-order valence-corrected chi connectivity index (χ0v) is 18.8. The molecule has 7 nitrogen and oxygen atoms in total. The molecule has 2 fully saturated rings. The molecule has 7 heteroatoms. The van der Waals surface area contributed by atoms with Crippen molar-refractivity contribution in [2.45, 2.75) is 71.3 Å². The van der Waals surface area contributed by atoms with E-state index < -0.39 is 0 Å². The van der Waals surface area contributed by atoms with Gasteiger partial charge in [-0.15, -0.1) is 0 Å². The van der Waals surface area contributed by atoms with Crippen LogP contribution >= 0.6 is 0 Å². The molecule has 1 aromatic heterocycles. The Labute approximate surface area is 183 Å². The molecule has 1 saturated heterocycles. The van der Waals surface area contributed by atoms with Crippen LogP contribution in [0.1, 0.15) is 78.1 Å². The molecule has 1 atom stereocenters. The quantitative estimate of drug-likeness (QED) is 0.707. The van der Waals surface area contributed by atoms with Crippen molar-refractivity contribution in [1.82, 2.24) is 19.9 Å². The van der Waals surface area contributed by atoms with Gasteiger partial charge < -0.3 is 14.3 Å². The molecule has 2 heterocycles. The SMILES string of the molecule is CC(=O)N(CCc1noc(C2CCC2)n1)C1CCCN(C(=O)c2ccc(C)c(C)c2)C1. The minimum Gasteiger partial charge on any atom is -0.339 e. The van der Waals surface area contributed by atoms with Crippen LogP contribution in [0.3, 0.4) is 0 Å².